The highest BCUT2D eigenvalue weighted by Crippen LogP contribution is 2.25. The minimum Gasteiger partial charge on any atom is -0.484 e. The van der Waals surface area contributed by atoms with Gasteiger partial charge in [-0.2, -0.15) is 0 Å². The molecule has 0 spiro atoms. The molecule has 0 bridgehead atoms. The second-order valence-electron chi connectivity index (χ2n) is 6.86. The van der Waals surface area contributed by atoms with E-state index in [-0.39, 0.29) is 24.0 Å². The summed E-state index contributed by atoms with van der Waals surface area (Å²) in [5, 5.41) is 2.74. The number of sulfonamides is 1. The standard InChI is InChI=1S/C23H25N3O4S/c1-3-26(31(28,29)22-13-7-18(2)8-14-22)20-9-11-21(12-10-20)30-17-23(27)25-16-19-6-4-5-15-24-19/h4-15H,3,16-17H2,1-2H3,(H,25,27). The monoisotopic (exact) mass is 439 g/mol. The Balaban J connectivity index is 1.60. The number of aryl methyl sites for hydroxylation is 1. The number of rotatable bonds is 9. The number of carbonyl (C=O) groups is 1. The summed E-state index contributed by atoms with van der Waals surface area (Å²) in [4.78, 5) is 16.4. The summed E-state index contributed by atoms with van der Waals surface area (Å²) >= 11 is 0. The zero-order valence-corrected chi connectivity index (χ0v) is 18.3. The number of nitrogens with zero attached hydrogens (tertiary/aromatic N) is 2. The molecule has 1 heterocycles. The van der Waals surface area contributed by atoms with Gasteiger partial charge in [0.25, 0.3) is 15.9 Å². The van der Waals surface area contributed by atoms with E-state index in [1.807, 2.05) is 25.1 Å². The molecular formula is C23H25N3O4S. The Morgan fingerprint density at radius 2 is 1.74 bits per heavy atom. The van der Waals surface area contributed by atoms with Gasteiger partial charge in [-0.25, -0.2) is 8.42 Å². The van der Waals surface area contributed by atoms with Gasteiger partial charge in [-0.1, -0.05) is 23.8 Å². The largest absolute Gasteiger partial charge is 0.484 e. The van der Waals surface area contributed by atoms with Crippen LogP contribution in [0.15, 0.2) is 77.8 Å². The van der Waals surface area contributed by atoms with Crippen molar-refractivity contribution in [3.63, 3.8) is 0 Å². The van der Waals surface area contributed by atoms with E-state index in [1.54, 1.807) is 61.7 Å². The topological polar surface area (TPSA) is 88.6 Å². The molecule has 3 aromatic rings. The zero-order chi connectivity index (χ0) is 22.3. The van der Waals surface area contributed by atoms with E-state index < -0.39 is 10.0 Å². The van der Waals surface area contributed by atoms with Gasteiger partial charge in [-0.05, 0) is 62.4 Å². The van der Waals surface area contributed by atoms with Gasteiger partial charge in [0.15, 0.2) is 6.61 Å². The third-order valence-corrected chi connectivity index (χ3v) is 6.50. The first-order valence-corrected chi connectivity index (χ1v) is 11.3. The number of benzene rings is 2. The van der Waals surface area contributed by atoms with Crippen LogP contribution in [0, 0.1) is 6.92 Å². The highest BCUT2D eigenvalue weighted by molar-refractivity contribution is 7.92. The van der Waals surface area contributed by atoms with Crippen LogP contribution in [0.3, 0.4) is 0 Å². The number of aromatic nitrogens is 1. The average molecular weight is 440 g/mol. The van der Waals surface area contributed by atoms with E-state index >= 15 is 0 Å². The lowest BCUT2D eigenvalue weighted by molar-refractivity contribution is -0.123. The molecule has 1 N–H and O–H groups in total. The van der Waals surface area contributed by atoms with Gasteiger partial charge >= 0.3 is 0 Å². The average Bonchev–Trinajstić information content (AvgIpc) is 2.78. The molecule has 0 unspecified atom stereocenters. The number of nitrogens with one attached hydrogen (secondary N) is 1. The lowest BCUT2D eigenvalue weighted by Gasteiger charge is -2.23. The summed E-state index contributed by atoms with van der Waals surface area (Å²) in [5.74, 6) is 0.201. The first-order chi connectivity index (χ1) is 14.9. The Kier molecular flexibility index (Phi) is 7.25. The van der Waals surface area contributed by atoms with E-state index in [1.165, 1.54) is 4.31 Å². The summed E-state index contributed by atoms with van der Waals surface area (Å²) < 4.78 is 32.8. The first-order valence-electron chi connectivity index (χ1n) is 9.89. The second-order valence-corrected chi connectivity index (χ2v) is 8.73. The molecule has 7 nitrogen and oxygen atoms in total. The number of ether oxygens (including phenoxy) is 1. The molecule has 0 fully saturated rings. The summed E-state index contributed by atoms with van der Waals surface area (Å²) in [7, 11) is -3.67. The molecule has 162 valence electrons. The molecule has 2 aromatic carbocycles. The fourth-order valence-corrected chi connectivity index (χ4v) is 4.40. The number of hydrogen-bond acceptors (Lipinski definition) is 5. The maximum absolute atomic E-state index is 13.0. The van der Waals surface area contributed by atoms with Gasteiger partial charge in [-0.15, -0.1) is 0 Å². The fraction of sp³-hybridized carbons (Fsp3) is 0.217. The van der Waals surface area contributed by atoms with Gasteiger partial charge in [0.05, 0.1) is 22.8 Å². The third kappa shape index (κ3) is 5.82. The molecule has 0 saturated heterocycles. The van der Waals surface area contributed by atoms with Gasteiger partial charge in [-0.3, -0.25) is 14.1 Å². The van der Waals surface area contributed by atoms with Crippen LogP contribution in [0.1, 0.15) is 18.2 Å². The van der Waals surface area contributed by atoms with Crippen LogP contribution < -0.4 is 14.4 Å². The molecule has 0 atom stereocenters. The van der Waals surface area contributed by atoms with Crippen LogP contribution in [0.4, 0.5) is 5.69 Å². The number of carbonyl (C=O) groups excluding carboxylic acids is 1. The molecule has 0 aliphatic rings. The van der Waals surface area contributed by atoms with E-state index in [4.69, 9.17) is 4.74 Å². The van der Waals surface area contributed by atoms with Crippen molar-refractivity contribution in [2.75, 3.05) is 17.5 Å². The summed E-state index contributed by atoms with van der Waals surface area (Å²) in [6, 6.07) is 18.9. The zero-order valence-electron chi connectivity index (χ0n) is 17.5. The van der Waals surface area contributed by atoms with E-state index in [0.29, 0.717) is 18.0 Å². The lowest BCUT2D eigenvalue weighted by atomic mass is 10.2. The van der Waals surface area contributed by atoms with Gasteiger partial charge in [0.1, 0.15) is 5.75 Å². The van der Waals surface area contributed by atoms with Crippen molar-refractivity contribution in [3.05, 3.63) is 84.2 Å². The molecule has 0 radical (unpaired) electrons. The van der Waals surface area contributed by atoms with E-state index in [2.05, 4.69) is 10.3 Å². The minimum atomic E-state index is -3.67. The SMILES string of the molecule is CCN(c1ccc(OCC(=O)NCc2ccccn2)cc1)S(=O)(=O)c1ccc(C)cc1. The van der Waals surface area contributed by atoms with Gasteiger partial charge < -0.3 is 10.1 Å². The molecule has 0 aliphatic heterocycles. The van der Waals surface area contributed by atoms with Crippen molar-refractivity contribution in [1.29, 1.82) is 0 Å². The Hall–Kier alpha value is -3.39. The van der Waals surface area contributed by atoms with Crippen LogP contribution in [0.25, 0.3) is 0 Å². The highest BCUT2D eigenvalue weighted by atomic mass is 32.2. The Morgan fingerprint density at radius 1 is 1.03 bits per heavy atom. The smallest absolute Gasteiger partial charge is 0.264 e. The molecule has 8 heteroatoms. The molecule has 31 heavy (non-hydrogen) atoms. The summed E-state index contributed by atoms with van der Waals surface area (Å²) in [6.07, 6.45) is 1.66. The van der Waals surface area contributed by atoms with Crippen LogP contribution in [-0.4, -0.2) is 32.5 Å². The number of pyridine rings is 1. The third-order valence-electron chi connectivity index (χ3n) is 4.58. The van der Waals surface area contributed by atoms with Crippen molar-refractivity contribution in [1.82, 2.24) is 10.3 Å². The van der Waals surface area contributed by atoms with Crippen molar-refractivity contribution in [2.24, 2.45) is 0 Å². The highest BCUT2D eigenvalue weighted by Gasteiger charge is 2.23. The maximum Gasteiger partial charge on any atom is 0.264 e. The lowest BCUT2D eigenvalue weighted by Crippen LogP contribution is -2.30. The number of amides is 1. The first kappa shape index (κ1) is 22.3. The van der Waals surface area contributed by atoms with Crippen molar-refractivity contribution in [2.45, 2.75) is 25.3 Å². The molecule has 1 amide bonds. The second kappa shape index (κ2) is 10.1. The van der Waals surface area contributed by atoms with Gasteiger partial charge in [0, 0.05) is 12.7 Å². The fourth-order valence-electron chi connectivity index (χ4n) is 2.93. The summed E-state index contributed by atoms with van der Waals surface area (Å²) in [6.45, 7) is 4.15. The Bertz CT molecular complexity index is 1100. The predicted molar refractivity (Wildman–Crippen MR) is 119 cm³/mol. The van der Waals surface area contributed by atoms with Crippen molar-refractivity contribution >= 4 is 21.6 Å². The van der Waals surface area contributed by atoms with Crippen LogP contribution >= 0.6 is 0 Å². The Morgan fingerprint density at radius 3 is 2.35 bits per heavy atom. The molecular weight excluding hydrogens is 414 g/mol. The predicted octanol–water partition coefficient (Wildman–Crippen LogP) is 3.30. The Labute approximate surface area is 182 Å². The maximum atomic E-state index is 13.0. The van der Waals surface area contributed by atoms with Crippen LogP contribution in [-0.2, 0) is 21.4 Å². The van der Waals surface area contributed by atoms with Gasteiger partial charge in [0.2, 0.25) is 0 Å². The molecule has 3 rings (SSSR count). The van der Waals surface area contributed by atoms with Crippen LogP contribution in [0.5, 0.6) is 5.75 Å². The number of hydrogen-bond donors (Lipinski definition) is 1. The minimum absolute atomic E-state index is 0.147. The van der Waals surface area contributed by atoms with E-state index in [9.17, 15) is 13.2 Å². The van der Waals surface area contributed by atoms with Crippen LogP contribution in [0.2, 0.25) is 0 Å². The summed E-state index contributed by atoms with van der Waals surface area (Å²) in [5.41, 5.74) is 2.28. The molecule has 1 aromatic heterocycles. The quantitative estimate of drug-likeness (QED) is 0.553. The van der Waals surface area contributed by atoms with Crippen molar-refractivity contribution < 1.29 is 17.9 Å². The molecule has 0 aliphatic carbocycles. The van der Waals surface area contributed by atoms with E-state index in [0.717, 1.165) is 11.3 Å². The molecule has 0 saturated carbocycles. The van der Waals surface area contributed by atoms with Crippen molar-refractivity contribution in [3.8, 4) is 5.75 Å². The number of anilines is 1. The normalized spacial score (nSPS) is 11.0.